The predicted octanol–water partition coefficient (Wildman–Crippen LogP) is 3.60. The largest absolute Gasteiger partial charge is 0.354 e. The molecule has 0 unspecified atom stereocenters. The molecule has 4 rings (SSSR count). The number of hydrogen-bond acceptors (Lipinski definition) is 3. The lowest BCUT2D eigenvalue weighted by Crippen LogP contribution is -2.47. The average Bonchev–Trinajstić information content (AvgIpc) is 3.16. The van der Waals surface area contributed by atoms with E-state index in [1.165, 1.54) is 12.1 Å². The Morgan fingerprint density at radius 2 is 1.97 bits per heavy atom. The smallest absolute Gasteiger partial charge is 0.220 e. The first-order valence-corrected chi connectivity index (χ1v) is 11.4. The molecular formula is C22H23FN2O3S. The van der Waals surface area contributed by atoms with Gasteiger partial charge in [-0.1, -0.05) is 30.3 Å². The van der Waals surface area contributed by atoms with E-state index in [9.17, 15) is 17.6 Å². The number of aromatic nitrogens is 1. The Morgan fingerprint density at radius 1 is 1.21 bits per heavy atom. The maximum absolute atomic E-state index is 13.9. The van der Waals surface area contributed by atoms with Crippen molar-refractivity contribution in [2.75, 3.05) is 11.5 Å². The van der Waals surface area contributed by atoms with Crippen LogP contribution >= 0.6 is 0 Å². The Morgan fingerprint density at radius 3 is 2.66 bits per heavy atom. The predicted molar refractivity (Wildman–Crippen MR) is 112 cm³/mol. The summed E-state index contributed by atoms with van der Waals surface area (Å²) in [6, 6.07) is 14.3. The van der Waals surface area contributed by atoms with Gasteiger partial charge in [-0.05, 0) is 49.1 Å². The van der Waals surface area contributed by atoms with Crippen LogP contribution in [0.5, 0.6) is 0 Å². The molecule has 1 aliphatic rings. The van der Waals surface area contributed by atoms with Gasteiger partial charge in [0.15, 0.2) is 9.84 Å². The molecule has 0 saturated carbocycles. The van der Waals surface area contributed by atoms with Gasteiger partial charge in [0, 0.05) is 23.0 Å². The summed E-state index contributed by atoms with van der Waals surface area (Å²) in [4.78, 5) is 15.9. The fraction of sp³-hybridized carbons (Fsp3) is 0.318. The standard InChI is InChI=1S/C22H23FN2O3S/c1-22(11-12-29(27,28)14-22)25-20(26)10-8-17-18-13-16(23)7-9-19(18)24-21(17)15-5-3-2-4-6-15/h2-7,9,13,24H,8,10-12,14H2,1H3,(H,25,26)/t22-/m1/s1. The molecule has 7 heteroatoms. The molecule has 5 nitrogen and oxygen atoms in total. The van der Waals surface area contributed by atoms with Crippen molar-refractivity contribution in [2.24, 2.45) is 0 Å². The van der Waals surface area contributed by atoms with Gasteiger partial charge in [0.2, 0.25) is 5.91 Å². The summed E-state index contributed by atoms with van der Waals surface area (Å²) >= 11 is 0. The van der Waals surface area contributed by atoms with E-state index in [0.29, 0.717) is 12.8 Å². The molecule has 0 spiro atoms. The van der Waals surface area contributed by atoms with Crippen LogP contribution in [0.15, 0.2) is 48.5 Å². The number of fused-ring (bicyclic) bond motifs is 1. The molecule has 1 aromatic heterocycles. The number of amides is 1. The van der Waals surface area contributed by atoms with Crippen molar-refractivity contribution >= 4 is 26.6 Å². The number of hydrogen-bond donors (Lipinski definition) is 2. The fourth-order valence-electron chi connectivity index (χ4n) is 4.08. The third kappa shape index (κ3) is 4.19. The van der Waals surface area contributed by atoms with Crippen LogP contribution in [0, 0.1) is 5.82 Å². The number of aromatic amines is 1. The lowest BCUT2D eigenvalue weighted by molar-refractivity contribution is -0.122. The number of benzene rings is 2. The van der Waals surface area contributed by atoms with Crippen LogP contribution in [0.2, 0.25) is 0 Å². The number of carbonyl (C=O) groups excluding carboxylic acids is 1. The maximum Gasteiger partial charge on any atom is 0.220 e. The van der Waals surface area contributed by atoms with Crippen LogP contribution in [-0.4, -0.2) is 36.4 Å². The normalized spacial score (nSPS) is 20.8. The molecule has 1 atom stereocenters. The second-order valence-electron chi connectivity index (χ2n) is 7.99. The lowest BCUT2D eigenvalue weighted by atomic mass is 9.99. The summed E-state index contributed by atoms with van der Waals surface area (Å²) in [7, 11) is -3.10. The van der Waals surface area contributed by atoms with Crippen LogP contribution in [0.1, 0.15) is 25.3 Å². The lowest BCUT2D eigenvalue weighted by Gasteiger charge is -2.23. The summed E-state index contributed by atoms with van der Waals surface area (Å²) in [6.07, 6.45) is 1.04. The Balaban J connectivity index is 1.59. The molecule has 29 heavy (non-hydrogen) atoms. The molecule has 2 heterocycles. The summed E-state index contributed by atoms with van der Waals surface area (Å²) in [5, 5.41) is 3.65. The van der Waals surface area contributed by atoms with E-state index in [1.54, 1.807) is 13.0 Å². The highest BCUT2D eigenvalue weighted by molar-refractivity contribution is 7.91. The maximum atomic E-state index is 13.9. The van der Waals surface area contributed by atoms with E-state index >= 15 is 0 Å². The van der Waals surface area contributed by atoms with Gasteiger partial charge in [-0.25, -0.2) is 12.8 Å². The van der Waals surface area contributed by atoms with E-state index in [1.807, 2.05) is 30.3 Å². The van der Waals surface area contributed by atoms with Crippen molar-refractivity contribution in [3.63, 3.8) is 0 Å². The first kappa shape index (κ1) is 19.6. The molecule has 1 saturated heterocycles. The van der Waals surface area contributed by atoms with Gasteiger partial charge >= 0.3 is 0 Å². The van der Waals surface area contributed by atoms with Crippen molar-refractivity contribution in [3.05, 3.63) is 59.9 Å². The minimum atomic E-state index is -3.10. The quantitative estimate of drug-likeness (QED) is 0.670. The third-order valence-corrected chi connectivity index (χ3v) is 7.38. The van der Waals surface area contributed by atoms with Crippen LogP contribution in [-0.2, 0) is 21.1 Å². The third-order valence-electron chi connectivity index (χ3n) is 5.48. The number of H-pyrrole nitrogens is 1. The Bertz CT molecular complexity index is 1170. The second-order valence-corrected chi connectivity index (χ2v) is 10.2. The molecule has 0 aliphatic carbocycles. The van der Waals surface area contributed by atoms with Crippen molar-refractivity contribution < 1.29 is 17.6 Å². The van der Waals surface area contributed by atoms with Gasteiger partial charge in [-0.15, -0.1) is 0 Å². The van der Waals surface area contributed by atoms with E-state index in [2.05, 4.69) is 10.3 Å². The van der Waals surface area contributed by atoms with Gasteiger partial charge in [-0.2, -0.15) is 0 Å². The zero-order chi connectivity index (χ0) is 20.6. The fourth-order valence-corrected chi connectivity index (χ4v) is 6.17. The van der Waals surface area contributed by atoms with Gasteiger partial charge in [-0.3, -0.25) is 4.79 Å². The summed E-state index contributed by atoms with van der Waals surface area (Å²) in [5.74, 6) is -0.456. The number of carbonyl (C=O) groups is 1. The molecule has 3 aromatic rings. The number of rotatable bonds is 5. The number of aryl methyl sites for hydroxylation is 1. The number of halogens is 1. The Labute approximate surface area is 169 Å². The summed E-state index contributed by atoms with van der Waals surface area (Å²) in [6.45, 7) is 1.77. The van der Waals surface area contributed by atoms with Gasteiger partial charge in [0.1, 0.15) is 5.82 Å². The zero-order valence-corrected chi connectivity index (χ0v) is 17.0. The molecule has 1 amide bonds. The average molecular weight is 415 g/mol. The van der Waals surface area contributed by atoms with E-state index in [4.69, 9.17) is 0 Å². The summed E-state index contributed by atoms with van der Waals surface area (Å²) in [5.41, 5.74) is 2.81. The topological polar surface area (TPSA) is 79.0 Å². The van der Waals surface area contributed by atoms with Crippen LogP contribution in [0.3, 0.4) is 0 Å². The minimum Gasteiger partial charge on any atom is -0.354 e. The molecule has 0 bridgehead atoms. The number of nitrogens with one attached hydrogen (secondary N) is 2. The Kier molecular flexibility index (Phi) is 4.94. The minimum absolute atomic E-state index is 0.0285. The molecule has 1 aliphatic heterocycles. The van der Waals surface area contributed by atoms with Crippen LogP contribution < -0.4 is 5.32 Å². The van der Waals surface area contributed by atoms with E-state index < -0.39 is 15.4 Å². The second kappa shape index (κ2) is 7.30. The highest BCUT2D eigenvalue weighted by Gasteiger charge is 2.39. The highest BCUT2D eigenvalue weighted by atomic mass is 32.2. The van der Waals surface area contributed by atoms with Crippen molar-refractivity contribution in [1.82, 2.24) is 10.3 Å². The van der Waals surface area contributed by atoms with Gasteiger partial charge in [0.25, 0.3) is 0 Å². The molecule has 152 valence electrons. The van der Waals surface area contributed by atoms with Gasteiger partial charge < -0.3 is 10.3 Å². The van der Waals surface area contributed by atoms with Crippen LogP contribution in [0.4, 0.5) is 4.39 Å². The first-order chi connectivity index (χ1) is 13.7. The molecular weight excluding hydrogens is 391 g/mol. The zero-order valence-electron chi connectivity index (χ0n) is 16.2. The van der Waals surface area contributed by atoms with E-state index in [0.717, 1.165) is 27.7 Å². The SMILES string of the molecule is C[C@@]1(NC(=O)CCc2c(-c3ccccc3)[nH]c3ccc(F)cc23)CCS(=O)(=O)C1. The van der Waals surface area contributed by atoms with Crippen molar-refractivity contribution in [1.29, 1.82) is 0 Å². The Hall–Kier alpha value is -2.67. The van der Waals surface area contributed by atoms with Crippen molar-refractivity contribution in [2.45, 2.75) is 31.7 Å². The van der Waals surface area contributed by atoms with Crippen LogP contribution in [0.25, 0.3) is 22.2 Å². The monoisotopic (exact) mass is 414 g/mol. The molecule has 2 aromatic carbocycles. The van der Waals surface area contributed by atoms with E-state index in [-0.39, 0.29) is 29.7 Å². The summed E-state index contributed by atoms with van der Waals surface area (Å²) < 4.78 is 37.4. The molecule has 0 radical (unpaired) electrons. The van der Waals surface area contributed by atoms with Gasteiger partial charge in [0.05, 0.1) is 17.0 Å². The van der Waals surface area contributed by atoms with Crippen molar-refractivity contribution in [3.8, 4) is 11.3 Å². The number of sulfone groups is 1. The molecule has 1 fully saturated rings. The highest BCUT2D eigenvalue weighted by Crippen LogP contribution is 2.32. The molecule has 2 N–H and O–H groups in total. The first-order valence-electron chi connectivity index (χ1n) is 9.62.